The first-order valence-corrected chi connectivity index (χ1v) is 15.8. The first kappa shape index (κ1) is 30.8. The van der Waals surface area contributed by atoms with Crippen LogP contribution in [0.1, 0.15) is 39.0 Å². The second kappa shape index (κ2) is 11.7. The van der Waals surface area contributed by atoms with Crippen LogP contribution >= 0.6 is 0 Å². The summed E-state index contributed by atoms with van der Waals surface area (Å²) in [6.45, 7) is 4.02. The van der Waals surface area contributed by atoms with E-state index in [4.69, 9.17) is 19.2 Å². The van der Waals surface area contributed by atoms with Gasteiger partial charge < -0.3 is 34.2 Å². The summed E-state index contributed by atoms with van der Waals surface area (Å²) in [4.78, 5) is 18.1. The zero-order valence-electron chi connectivity index (χ0n) is 26.4. The molecule has 2 aliphatic heterocycles. The molecule has 7 rings (SSSR count). The van der Waals surface area contributed by atoms with E-state index in [1.807, 2.05) is 4.90 Å². The largest absolute Gasteiger partial charge is 0.508 e. The molecule has 2 saturated heterocycles. The van der Waals surface area contributed by atoms with Gasteiger partial charge in [0, 0.05) is 29.0 Å². The Morgan fingerprint density at radius 3 is 2.74 bits per heavy atom. The number of hydrogen-bond donors (Lipinski definition) is 2. The smallest absolute Gasteiger partial charge is 0.319 e. The van der Waals surface area contributed by atoms with E-state index in [1.54, 1.807) is 13.0 Å². The Hall–Kier alpha value is -3.87. The van der Waals surface area contributed by atoms with Gasteiger partial charge in [0.2, 0.25) is 5.88 Å². The van der Waals surface area contributed by atoms with Gasteiger partial charge in [0.25, 0.3) is 0 Å². The summed E-state index contributed by atoms with van der Waals surface area (Å²) >= 11 is 0. The van der Waals surface area contributed by atoms with Crippen LogP contribution in [0.15, 0.2) is 30.3 Å². The molecule has 0 bridgehead atoms. The zero-order chi connectivity index (χ0) is 32.2. The number of aromatic nitrogens is 3. The molecule has 0 spiro atoms. The number of fused-ring (bicyclic) bond motifs is 3. The van der Waals surface area contributed by atoms with Crippen LogP contribution in [0.3, 0.4) is 0 Å². The van der Waals surface area contributed by atoms with Gasteiger partial charge in [-0.25, -0.2) is 13.8 Å². The zero-order valence-corrected chi connectivity index (χ0v) is 26.4. The number of methoxy groups -OCH3 is 1. The minimum absolute atomic E-state index is 0.00828. The van der Waals surface area contributed by atoms with Crippen LogP contribution in [0, 0.1) is 17.0 Å². The highest BCUT2D eigenvalue weighted by molar-refractivity contribution is 6.02. The summed E-state index contributed by atoms with van der Waals surface area (Å²) in [5.74, 6) is -1.31. The van der Waals surface area contributed by atoms with Crippen LogP contribution < -0.4 is 14.4 Å². The first-order valence-electron chi connectivity index (χ1n) is 15.8. The lowest BCUT2D eigenvalue weighted by atomic mass is 9.76. The summed E-state index contributed by atoms with van der Waals surface area (Å²) in [7, 11) is 3.56. The molecule has 4 heterocycles. The number of phenols is 1. The van der Waals surface area contributed by atoms with Crippen molar-refractivity contribution in [2.24, 2.45) is 5.41 Å². The van der Waals surface area contributed by atoms with Crippen molar-refractivity contribution in [3.05, 3.63) is 42.0 Å². The third kappa shape index (κ3) is 5.35. The molecule has 1 saturated carbocycles. The third-order valence-electron chi connectivity index (χ3n) is 9.89. The Bertz CT molecular complexity index is 1810. The molecule has 46 heavy (non-hydrogen) atoms. The van der Waals surface area contributed by atoms with Gasteiger partial charge in [0.15, 0.2) is 5.82 Å². The Labute approximate surface area is 265 Å². The lowest BCUT2D eigenvalue weighted by Crippen LogP contribution is -2.50. The SMILES string of the molecule is COc1nc(-c2cc(O)cc3cccc(F)c23)c(F)c2nc(OCC34CCCC3N(C)CCC4)nc(N3CCOCC(C)(O)C3)c12. The number of β-amino-alcohol motifs (C(OH)–C–C–N with tert-alkyl or cyclic N) is 1. The van der Waals surface area contributed by atoms with E-state index >= 15 is 8.78 Å². The number of phenolic OH excluding ortho intramolecular Hbond substituents is 1. The van der Waals surface area contributed by atoms with Crippen molar-refractivity contribution in [1.29, 1.82) is 0 Å². The minimum atomic E-state index is -1.21. The fourth-order valence-electron chi connectivity index (χ4n) is 7.84. The van der Waals surface area contributed by atoms with Crippen molar-refractivity contribution < 1.29 is 33.2 Å². The number of likely N-dealkylation sites (tertiary alicyclic amines) is 1. The number of ether oxygens (including phenoxy) is 3. The van der Waals surface area contributed by atoms with E-state index in [1.165, 1.54) is 31.4 Å². The number of anilines is 1. The molecule has 3 fully saturated rings. The molecular formula is C34H39F2N5O5. The van der Waals surface area contributed by atoms with Crippen LogP contribution in [-0.4, -0.2) is 95.3 Å². The number of nitrogens with zero attached hydrogens (tertiary/aromatic N) is 5. The maximum absolute atomic E-state index is 16.9. The van der Waals surface area contributed by atoms with E-state index in [-0.39, 0.29) is 69.6 Å². The number of aliphatic hydroxyl groups is 1. The van der Waals surface area contributed by atoms with E-state index in [9.17, 15) is 10.2 Å². The number of pyridine rings is 1. The number of hydrogen-bond acceptors (Lipinski definition) is 10. The molecule has 2 N–H and O–H groups in total. The van der Waals surface area contributed by atoms with Crippen LogP contribution in [0.4, 0.5) is 14.6 Å². The quantitative estimate of drug-likeness (QED) is 0.298. The fourth-order valence-corrected chi connectivity index (χ4v) is 7.84. The normalized spacial score (nSPS) is 25.5. The molecule has 244 valence electrons. The molecule has 2 aromatic carbocycles. The van der Waals surface area contributed by atoms with Crippen molar-refractivity contribution in [3.8, 4) is 28.9 Å². The highest BCUT2D eigenvalue weighted by Gasteiger charge is 2.47. The number of aromatic hydroxyl groups is 1. The Morgan fingerprint density at radius 2 is 1.91 bits per heavy atom. The summed E-state index contributed by atoms with van der Waals surface area (Å²) in [5.41, 5.74) is -1.57. The van der Waals surface area contributed by atoms with Crippen molar-refractivity contribution in [1.82, 2.24) is 19.9 Å². The van der Waals surface area contributed by atoms with Gasteiger partial charge >= 0.3 is 6.01 Å². The Kier molecular flexibility index (Phi) is 7.85. The second-order valence-electron chi connectivity index (χ2n) is 13.3. The van der Waals surface area contributed by atoms with E-state index in [2.05, 4.69) is 21.9 Å². The number of rotatable bonds is 6. The lowest BCUT2D eigenvalue weighted by Gasteiger charge is -2.44. The highest BCUT2D eigenvalue weighted by atomic mass is 19.1. The monoisotopic (exact) mass is 635 g/mol. The summed E-state index contributed by atoms with van der Waals surface area (Å²) < 4.78 is 49.9. The summed E-state index contributed by atoms with van der Waals surface area (Å²) in [5, 5.41) is 22.2. The Morgan fingerprint density at radius 1 is 1.09 bits per heavy atom. The van der Waals surface area contributed by atoms with Gasteiger partial charge in [0.05, 0.1) is 33.5 Å². The summed E-state index contributed by atoms with van der Waals surface area (Å²) in [6.07, 6.45) is 5.34. The average Bonchev–Trinajstić information content (AvgIpc) is 3.38. The minimum Gasteiger partial charge on any atom is -0.508 e. The van der Waals surface area contributed by atoms with Gasteiger partial charge in [0.1, 0.15) is 39.6 Å². The molecule has 0 amide bonds. The van der Waals surface area contributed by atoms with Crippen LogP contribution in [0.5, 0.6) is 17.6 Å². The topological polar surface area (TPSA) is 113 Å². The lowest BCUT2D eigenvalue weighted by molar-refractivity contribution is -0.0123. The maximum Gasteiger partial charge on any atom is 0.319 e. The standard InChI is InChI=1S/C34H39F2N5O5/c1-33(43)17-41(13-14-45-18-33)30-26-29(38-32(39-30)46-19-34-10-5-9-24(34)40(2)12-6-11-34)27(36)28(37-31(26)44-3)22-16-21(42)15-20-7-4-8-23(35)25(20)22/h4,7-8,15-16,24,42-43H,5-6,9-14,17-19H2,1-3H3. The Balaban J connectivity index is 1.42. The number of benzene rings is 2. The predicted molar refractivity (Wildman–Crippen MR) is 169 cm³/mol. The van der Waals surface area contributed by atoms with Gasteiger partial charge in [-0.05, 0) is 69.8 Å². The van der Waals surface area contributed by atoms with Crippen molar-refractivity contribution in [3.63, 3.8) is 0 Å². The fraction of sp³-hybridized carbons (Fsp3) is 0.500. The van der Waals surface area contributed by atoms with E-state index < -0.39 is 17.2 Å². The van der Waals surface area contributed by atoms with Gasteiger partial charge in [-0.15, -0.1) is 0 Å². The molecule has 1 aliphatic carbocycles. The summed E-state index contributed by atoms with van der Waals surface area (Å²) in [6, 6.07) is 7.51. The van der Waals surface area contributed by atoms with Gasteiger partial charge in [-0.2, -0.15) is 9.97 Å². The average molecular weight is 636 g/mol. The van der Waals surface area contributed by atoms with Crippen molar-refractivity contribution >= 4 is 27.5 Å². The van der Waals surface area contributed by atoms with E-state index in [0.717, 1.165) is 38.6 Å². The van der Waals surface area contributed by atoms with Crippen molar-refractivity contribution in [2.45, 2.75) is 50.7 Å². The van der Waals surface area contributed by atoms with Crippen molar-refractivity contribution in [2.75, 3.05) is 58.5 Å². The molecule has 12 heteroatoms. The maximum atomic E-state index is 16.9. The molecular weight excluding hydrogens is 596 g/mol. The molecule has 3 unspecified atom stereocenters. The van der Waals surface area contributed by atoms with Gasteiger partial charge in [-0.1, -0.05) is 18.6 Å². The predicted octanol–water partition coefficient (Wildman–Crippen LogP) is 5.07. The van der Waals surface area contributed by atoms with E-state index in [0.29, 0.717) is 31.2 Å². The second-order valence-corrected chi connectivity index (χ2v) is 13.3. The van der Waals surface area contributed by atoms with Crippen LogP contribution in [-0.2, 0) is 4.74 Å². The molecule has 0 radical (unpaired) electrons. The third-order valence-corrected chi connectivity index (χ3v) is 9.89. The first-order chi connectivity index (χ1) is 22.1. The molecule has 4 aromatic rings. The molecule has 3 atom stereocenters. The number of piperidine rings is 1. The van der Waals surface area contributed by atoms with Gasteiger partial charge in [-0.3, -0.25) is 0 Å². The van der Waals surface area contributed by atoms with Crippen LogP contribution in [0.2, 0.25) is 0 Å². The number of halogens is 2. The molecule has 3 aliphatic rings. The molecule has 2 aromatic heterocycles. The van der Waals surface area contributed by atoms with Crippen LogP contribution in [0.25, 0.3) is 32.9 Å². The molecule has 10 nitrogen and oxygen atoms in total. The highest BCUT2D eigenvalue weighted by Crippen LogP contribution is 2.48.